The summed E-state index contributed by atoms with van der Waals surface area (Å²) in [5.74, 6) is 0.782. The van der Waals surface area contributed by atoms with Crippen molar-refractivity contribution in [3.63, 3.8) is 0 Å². The van der Waals surface area contributed by atoms with Crippen LogP contribution in [0, 0.1) is 3.57 Å². The van der Waals surface area contributed by atoms with Crippen LogP contribution in [0.2, 0.25) is 5.15 Å². The number of amides is 1. The Balaban J connectivity index is 1.89. The quantitative estimate of drug-likeness (QED) is 0.521. The van der Waals surface area contributed by atoms with Crippen LogP contribution >= 0.6 is 34.2 Å². The molecule has 1 fully saturated rings. The summed E-state index contributed by atoms with van der Waals surface area (Å²) in [5, 5.41) is 6.87. The first kappa shape index (κ1) is 18.6. The fourth-order valence-electron chi connectivity index (χ4n) is 2.67. The third kappa shape index (κ3) is 6.71. The highest BCUT2D eigenvalue weighted by Gasteiger charge is 2.25. The Morgan fingerprint density at radius 1 is 1.35 bits per heavy atom. The van der Waals surface area contributed by atoms with E-state index in [-0.39, 0.29) is 18.2 Å². The molecule has 1 saturated carbocycles. The van der Waals surface area contributed by atoms with Crippen molar-refractivity contribution in [1.82, 2.24) is 10.3 Å². The molecular weight excluding hydrogens is 429 g/mol. The van der Waals surface area contributed by atoms with Crippen LogP contribution < -0.4 is 10.6 Å². The van der Waals surface area contributed by atoms with Crippen LogP contribution in [0.25, 0.3) is 0 Å². The number of hydrogen-bond donors (Lipinski definition) is 2. The van der Waals surface area contributed by atoms with Gasteiger partial charge in [0.25, 0.3) is 0 Å². The lowest BCUT2D eigenvalue weighted by molar-refractivity contribution is 0.0492. The maximum atomic E-state index is 11.9. The highest BCUT2D eigenvalue weighted by molar-refractivity contribution is 14.1. The zero-order chi connectivity index (χ0) is 17.0. The lowest BCUT2D eigenvalue weighted by Crippen LogP contribution is -2.43. The van der Waals surface area contributed by atoms with Crippen LogP contribution in [-0.2, 0) is 4.74 Å². The molecule has 0 radical (unpaired) electrons. The van der Waals surface area contributed by atoms with Crippen molar-refractivity contribution in [2.75, 3.05) is 5.32 Å². The lowest BCUT2D eigenvalue weighted by atomic mass is 9.91. The molecule has 0 aromatic carbocycles. The highest BCUT2D eigenvalue weighted by atomic mass is 127. The zero-order valence-electron chi connectivity index (χ0n) is 13.7. The van der Waals surface area contributed by atoms with E-state index in [2.05, 4.69) is 38.2 Å². The van der Waals surface area contributed by atoms with E-state index in [1.807, 2.05) is 32.9 Å². The molecule has 0 saturated heterocycles. The first-order chi connectivity index (χ1) is 10.7. The molecule has 2 rings (SSSR count). The molecule has 2 unspecified atom stereocenters. The zero-order valence-corrected chi connectivity index (χ0v) is 16.6. The second kappa shape index (κ2) is 7.88. The number of pyridine rings is 1. The number of nitrogens with one attached hydrogen (secondary N) is 2. The summed E-state index contributed by atoms with van der Waals surface area (Å²) < 4.78 is 6.37. The van der Waals surface area contributed by atoms with Crippen molar-refractivity contribution in [1.29, 1.82) is 0 Å². The number of hydrogen-bond acceptors (Lipinski definition) is 4. The van der Waals surface area contributed by atoms with Crippen molar-refractivity contribution in [2.24, 2.45) is 0 Å². The maximum Gasteiger partial charge on any atom is 0.407 e. The number of alkyl carbamates (subject to hydrolysis) is 1. The molecule has 1 aromatic rings. The van der Waals surface area contributed by atoms with E-state index >= 15 is 0 Å². The van der Waals surface area contributed by atoms with Crippen LogP contribution in [0.3, 0.4) is 0 Å². The Kier molecular flexibility index (Phi) is 6.36. The molecule has 2 atom stereocenters. The van der Waals surface area contributed by atoms with Gasteiger partial charge in [-0.1, -0.05) is 11.6 Å². The van der Waals surface area contributed by atoms with Crippen molar-refractivity contribution >= 4 is 46.1 Å². The minimum absolute atomic E-state index is 0.120. The normalized spacial score (nSPS) is 21.6. The molecule has 1 heterocycles. The van der Waals surface area contributed by atoms with Crippen LogP contribution in [-0.4, -0.2) is 28.8 Å². The van der Waals surface area contributed by atoms with Gasteiger partial charge in [0.05, 0.1) is 0 Å². The molecule has 0 spiro atoms. The van der Waals surface area contributed by atoms with E-state index < -0.39 is 5.60 Å². The molecule has 1 amide bonds. The minimum atomic E-state index is -0.474. The van der Waals surface area contributed by atoms with Gasteiger partial charge in [-0.25, -0.2) is 9.78 Å². The lowest BCUT2D eigenvalue weighted by Gasteiger charge is -2.31. The Bertz CT molecular complexity index is 542. The van der Waals surface area contributed by atoms with Crippen LogP contribution in [0.15, 0.2) is 12.1 Å². The third-order valence-electron chi connectivity index (χ3n) is 3.51. The van der Waals surface area contributed by atoms with Crippen molar-refractivity contribution < 1.29 is 9.53 Å². The summed E-state index contributed by atoms with van der Waals surface area (Å²) >= 11 is 8.22. The van der Waals surface area contributed by atoms with Crippen molar-refractivity contribution in [3.05, 3.63) is 20.9 Å². The second-order valence-corrected chi connectivity index (χ2v) is 8.48. The Labute approximate surface area is 156 Å². The first-order valence-electron chi connectivity index (χ1n) is 7.80. The fourth-order valence-corrected chi connectivity index (χ4v) is 3.66. The van der Waals surface area contributed by atoms with Crippen LogP contribution in [0.1, 0.15) is 46.5 Å². The van der Waals surface area contributed by atoms with Gasteiger partial charge >= 0.3 is 6.09 Å². The number of carbonyl (C=O) groups excluding carboxylic acids is 1. The molecular formula is C16H23ClIN3O2. The number of aromatic nitrogens is 1. The summed E-state index contributed by atoms with van der Waals surface area (Å²) in [7, 11) is 0. The number of halogens is 2. The molecule has 5 nitrogen and oxygen atoms in total. The standard InChI is InChI=1S/C16H23ClIN3O2/c1-16(2,3)23-15(22)20-12-6-4-5-11(9-12)19-14-8-10(18)7-13(17)21-14/h7-8,11-12H,4-6,9H2,1-3H3,(H,19,21)(H,20,22). The maximum absolute atomic E-state index is 11.9. The summed E-state index contributed by atoms with van der Waals surface area (Å²) in [6.07, 6.45) is 3.58. The summed E-state index contributed by atoms with van der Waals surface area (Å²) in [4.78, 5) is 16.2. The van der Waals surface area contributed by atoms with E-state index in [4.69, 9.17) is 16.3 Å². The number of nitrogens with zero attached hydrogens (tertiary/aromatic N) is 1. The average molecular weight is 452 g/mol. The van der Waals surface area contributed by atoms with Gasteiger partial charge in [-0.3, -0.25) is 0 Å². The number of anilines is 1. The van der Waals surface area contributed by atoms with Crippen LogP contribution in [0.4, 0.5) is 10.6 Å². The molecule has 1 aliphatic rings. The van der Waals surface area contributed by atoms with Gasteiger partial charge in [-0.2, -0.15) is 0 Å². The Morgan fingerprint density at radius 3 is 2.70 bits per heavy atom. The molecule has 128 valence electrons. The topological polar surface area (TPSA) is 63.2 Å². The smallest absolute Gasteiger partial charge is 0.407 e. The Hall–Kier alpha value is -0.760. The molecule has 2 N–H and O–H groups in total. The van der Waals surface area contributed by atoms with Gasteiger partial charge < -0.3 is 15.4 Å². The average Bonchev–Trinajstić information content (AvgIpc) is 2.35. The van der Waals surface area contributed by atoms with Gasteiger partial charge in [-0.15, -0.1) is 0 Å². The van der Waals surface area contributed by atoms with E-state index in [0.717, 1.165) is 35.1 Å². The third-order valence-corrected chi connectivity index (χ3v) is 4.32. The van der Waals surface area contributed by atoms with Crippen molar-refractivity contribution in [2.45, 2.75) is 64.1 Å². The van der Waals surface area contributed by atoms with Crippen molar-refractivity contribution in [3.8, 4) is 0 Å². The van der Waals surface area contributed by atoms with Gasteiger partial charge in [0.1, 0.15) is 16.6 Å². The minimum Gasteiger partial charge on any atom is -0.444 e. The van der Waals surface area contributed by atoms with E-state index in [1.54, 1.807) is 0 Å². The fraction of sp³-hybridized carbons (Fsp3) is 0.625. The predicted octanol–water partition coefficient (Wildman–Crippen LogP) is 4.59. The first-order valence-corrected chi connectivity index (χ1v) is 9.26. The number of ether oxygens (including phenoxy) is 1. The summed E-state index contributed by atoms with van der Waals surface area (Å²) in [6.45, 7) is 5.60. The second-order valence-electron chi connectivity index (χ2n) is 6.84. The van der Waals surface area contributed by atoms with Gasteiger partial charge in [0.2, 0.25) is 0 Å². The van der Waals surface area contributed by atoms with E-state index in [1.165, 1.54) is 0 Å². The van der Waals surface area contributed by atoms with E-state index in [9.17, 15) is 4.79 Å². The number of carbonyl (C=O) groups is 1. The molecule has 1 aromatic heterocycles. The molecule has 1 aliphatic carbocycles. The van der Waals surface area contributed by atoms with Gasteiger partial charge in [0, 0.05) is 15.7 Å². The monoisotopic (exact) mass is 451 g/mol. The molecule has 0 bridgehead atoms. The van der Waals surface area contributed by atoms with Gasteiger partial charge in [-0.05, 0) is 81.2 Å². The highest BCUT2D eigenvalue weighted by Crippen LogP contribution is 2.24. The largest absolute Gasteiger partial charge is 0.444 e. The van der Waals surface area contributed by atoms with Crippen LogP contribution in [0.5, 0.6) is 0 Å². The number of rotatable bonds is 3. The predicted molar refractivity (Wildman–Crippen MR) is 101 cm³/mol. The van der Waals surface area contributed by atoms with Gasteiger partial charge in [0.15, 0.2) is 0 Å². The summed E-state index contributed by atoms with van der Waals surface area (Å²) in [6, 6.07) is 4.18. The molecule has 23 heavy (non-hydrogen) atoms. The SMILES string of the molecule is CC(C)(C)OC(=O)NC1CCCC(Nc2cc(I)cc(Cl)n2)C1. The summed E-state index contributed by atoms with van der Waals surface area (Å²) in [5.41, 5.74) is -0.474. The van der Waals surface area contributed by atoms with E-state index in [0.29, 0.717) is 5.15 Å². The molecule has 0 aliphatic heterocycles. The molecule has 7 heteroatoms. The Morgan fingerprint density at radius 2 is 2.04 bits per heavy atom.